The topological polar surface area (TPSA) is 54.3 Å². The number of fused-ring (bicyclic) bond motifs is 2. The van der Waals surface area contributed by atoms with Crippen LogP contribution in [0, 0.1) is 0 Å². The van der Waals surface area contributed by atoms with Crippen LogP contribution in [-0.2, 0) is 22.3 Å². The SMILES string of the molecule is CC1CCCCN1C(=O)Cn1cc(/C=C2/C(=O)Nc3cc(C(F)(F)F)ccc32)c2ccccc21. The molecule has 1 saturated heterocycles. The van der Waals surface area contributed by atoms with Gasteiger partial charge in [-0.25, -0.2) is 0 Å². The molecule has 0 saturated carbocycles. The van der Waals surface area contributed by atoms with Crippen LogP contribution in [0.25, 0.3) is 22.6 Å². The minimum atomic E-state index is -4.49. The van der Waals surface area contributed by atoms with Crippen LogP contribution in [0.2, 0.25) is 0 Å². The summed E-state index contributed by atoms with van der Waals surface area (Å²) in [4.78, 5) is 27.6. The number of nitrogens with one attached hydrogen (secondary N) is 1. The molecule has 0 bridgehead atoms. The van der Waals surface area contributed by atoms with Crippen molar-refractivity contribution in [1.82, 2.24) is 9.47 Å². The lowest BCUT2D eigenvalue weighted by Crippen LogP contribution is -2.43. The fourth-order valence-electron chi connectivity index (χ4n) is 4.90. The van der Waals surface area contributed by atoms with Crippen LogP contribution in [0.4, 0.5) is 18.9 Å². The Balaban J connectivity index is 1.51. The van der Waals surface area contributed by atoms with Crippen molar-refractivity contribution < 1.29 is 22.8 Å². The molecule has 1 aromatic heterocycles. The fourth-order valence-corrected chi connectivity index (χ4v) is 4.90. The van der Waals surface area contributed by atoms with E-state index in [2.05, 4.69) is 12.2 Å². The molecule has 2 amide bonds. The molecular formula is C26H24F3N3O2. The zero-order chi connectivity index (χ0) is 24.0. The van der Waals surface area contributed by atoms with Crippen LogP contribution in [0.1, 0.15) is 42.9 Å². The van der Waals surface area contributed by atoms with Crippen LogP contribution in [0.3, 0.4) is 0 Å². The number of anilines is 1. The molecule has 3 heterocycles. The quantitative estimate of drug-likeness (QED) is 0.514. The standard InChI is InChI=1S/C26H24F3N3O2/c1-16-6-4-5-11-32(16)24(33)15-31-14-17(19-7-2-3-8-23(19)31)12-21-20-10-9-18(26(27,28)29)13-22(20)30-25(21)34/h2-3,7-10,12-14,16H,4-6,11,15H2,1H3,(H,30,34)/b21-12+. The molecule has 0 spiro atoms. The molecule has 3 aromatic rings. The molecule has 1 N–H and O–H groups in total. The number of aromatic nitrogens is 1. The van der Waals surface area contributed by atoms with Crippen LogP contribution in [0.5, 0.6) is 0 Å². The van der Waals surface area contributed by atoms with E-state index in [9.17, 15) is 22.8 Å². The van der Waals surface area contributed by atoms with Crippen LogP contribution in [-0.4, -0.2) is 33.9 Å². The second-order valence-corrected chi connectivity index (χ2v) is 8.93. The summed E-state index contributed by atoms with van der Waals surface area (Å²) in [5.41, 5.74) is 1.64. The second kappa shape index (κ2) is 8.34. The molecule has 5 rings (SSSR count). The van der Waals surface area contributed by atoms with E-state index in [4.69, 9.17) is 0 Å². The van der Waals surface area contributed by atoms with Gasteiger partial charge in [0, 0.05) is 52.1 Å². The number of halogens is 3. The monoisotopic (exact) mass is 467 g/mol. The van der Waals surface area contributed by atoms with Crippen molar-refractivity contribution in [2.24, 2.45) is 0 Å². The summed E-state index contributed by atoms with van der Waals surface area (Å²) >= 11 is 0. The zero-order valence-corrected chi connectivity index (χ0v) is 18.7. The molecule has 2 aliphatic heterocycles. The number of para-hydroxylation sites is 1. The van der Waals surface area contributed by atoms with Crippen LogP contribution >= 0.6 is 0 Å². The molecule has 8 heteroatoms. The van der Waals surface area contributed by atoms with Gasteiger partial charge in [0.15, 0.2) is 0 Å². The Morgan fingerprint density at radius 1 is 1.18 bits per heavy atom. The molecule has 5 nitrogen and oxygen atoms in total. The summed E-state index contributed by atoms with van der Waals surface area (Å²) < 4.78 is 41.1. The van der Waals surface area contributed by atoms with Crippen molar-refractivity contribution in [3.05, 3.63) is 65.4 Å². The Bertz CT molecular complexity index is 1320. The number of nitrogens with zero attached hydrogens (tertiary/aromatic N) is 2. The average Bonchev–Trinajstić information content (AvgIpc) is 3.30. The maximum Gasteiger partial charge on any atom is 0.416 e. The largest absolute Gasteiger partial charge is 0.416 e. The van der Waals surface area contributed by atoms with Gasteiger partial charge >= 0.3 is 6.18 Å². The van der Waals surface area contributed by atoms with Crippen molar-refractivity contribution in [2.45, 2.75) is 44.9 Å². The highest BCUT2D eigenvalue weighted by atomic mass is 19.4. The Kier molecular flexibility index (Phi) is 5.46. The molecule has 0 aliphatic carbocycles. The lowest BCUT2D eigenvalue weighted by molar-refractivity contribution is -0.137. The van der Waals surface area contributed by atoms with Gasteiger partial charge in [-0.1, -0.05) is 24.3 Å². The van der Waals surface area contributed by atoms with Crippen molar-refractivity contribution in [1.29, 1.82) is 0 Å². The summed E-state index contributed by atoms with van der Waals surface area (Å²) in [6.45, 7) is 3.01. The maximum atomic E-state index is 13.1. The van der Waals surface area contributed by atoms with E-state index in [-0.39, 0.29) is 24.2 Å². The highest BCUT2D eigenvalue weighted by molar-refractivity contribution is 6.35. The van der Waals surface area contributed by atoms with Crippen molar-refractivity contribution in [2.75, 3.05) is 11.9 Å². The van der Waals surface area contributed by atoms with Gasteiger partial charge in [-0.3, -0.25) is 9.59 Å². The summed E-state index contributed by atoms with van der Waals surface area (Å²) in [7, 11) is 0. The first-order chi connectivity index (χ1) is 16.2. The molecule has 1 atom stereocenters. The van der Waals surface area contributed by atoms with E-state index < -0.39 is 17.6 Å². The Labute approximate surface area is 194 Å². The van der Waals surface area contributed by atoms with E-state index in [1.54, 1.807) is 6.08 Å². The number of rotatable bonds is 3. The zero-order valence-electron chi connectivity index (χ0n) is 18.7. The lowest BCUT2D eigenvalue weighted by Gasteiger charge is -2.33. The summed E-state index contributed by atoms with van der Waals surface area (Å²) in [6.07, 6.45) is 2.16. The van der Waals surface area contributed by atoms with Gasteiger partial charge in [-0.2, -0.15) is 13.2 Å². The fraction of sp³-hybridized carbons (Fsp3) is 0.308. The number of likely N-dealkylation sites (tertiary alicyclic amines) is 1. The number of amides is 2. The first kappa shape index (κ1) is 22.3. The number of benzene rings is 2. The number of carbonyl (C=O) groups excluding carboxylic acids is 2. The van der Waals surface area contributed by atoms with Gasteiger partial charge in [-0.15, -0.1) is 0 Å². The van der Waals surface area contributed by atoms with Crippen LogP contribution in [0.15, 0.2) is 48.7 Å². The highest BCUT2D eigenvalue weighted by Crippen LogP contribution is 2.39. The van der Waals surface area contributed by atoms with Gasteiger partial charge in [0.05, 0.1) is 5.56 Å². The third-order valence-electron chi connectivity index (χ3n) is 6.68. The van der Waals surface area contributed by atoms with E-state index in [0.717, 1.165) is 54.4 Å². The number of piperidine rings is 1. The second-order valence-electron chi connectivity index (χ2n) is 8.93. The van der Waals surface area contributed by atoms with E-state index in [1.807, 2.05) is 39.9 Å². The van der Waals surface area contributed by atoms with E-state index in [1.165, 1.54) is 6.07 Å². The third-order valence-corrected chi connectivity index (χ3v) is 6.68. The normalized spacial score (nSPS) is 19.5. The van der Waals surface area contributed by atoms with E-state index in [0.29, 0.717) is 11.1 Å². The average molecular weight is 467 g/mol. The predicted molar refractivity (Wildman–Crippen MR) is 125 cm³/mol. The maximum absolute atomic E-state index is 13.1. The minimum Gasteiger partial charge on any atom is -0.338 e. The number of hydrogen-bond donors (Lipinski definition) is 1. The minimum absolute atomic E-state index is 0.0517. The summed E-state index contributed by atoms with van der Waals surface area (Å²) in [6, 6.07) is 11.1. The first-order valence-electron chi connectivity index (χ1n) is 11.3. The molecule has 1 unspecified atom stereocenters. The summed E-state index contributed by atoms with van der Waals surface area (Å²) in [5.74, 6) is -0.403. The van der Waals surface area contributed by atoms with Crippen molar-refractivity contribution >= 4 is 40.1 Å². The number of hydrogen-bond acceptors (Lipinski definition) is 2. The first-order valence-corrected chi connectivity index (χ1v) is 11.3. The highest BCUT2D eigenvalue weighted by Gasteiger charge is 2.33. The Morgan fingerprint density at radius 3 is 2.74 bits per heavy atom. The van der Waals surface area contributed by atoms with E-state index >= 15 is 0 Å². The molecule has 0 radical (unpaired) electrons. The Hall–Kier alpha value is -3.55. The molecule has 176 valence electrons. The van der Waals surface area contributed by atoms with Gasteiger partial charge < -0.3 is 14.8 Å². The number of alkyl halides is 3. The van der Waals surface area contributed by atoms with Gasteiger partial charge in [-0.05, 0) is 50.5 Å². The predicted octanol–water partition coefficient (Wildman–Crippen LogP) is 5.55. The van der Waals surface area contributed by atoms with Gasteiger partial charge in [0.25, 0.3) is 5.91 Å². The molecular weight excluding hydrogens is 443 g/mol. The molecule has 2 aromatic carbocycles. The van der Waals surface area contributed by atoms with Gasteiger partial charge in [0.2, 0.25) is 5.91 Å². The van der Waals surface area contributed by atoms with Crippen LogP contribution < -0.4 is 5.32 Å². The lowest BCUT2D eigenvalue weighted by atomic mass is 10.0. The van der Waals surface area contributed by atoms with Crippen molar-refractivity contribution in [3.8, 4) is 0 Å². The number of carbonyl (C=O) groups is 2. The smallest absolute Gasteiger partial charge is 0.338 e. The third kappa shape index (κ3) is 3.97. The van der Waals surface area contributed by atoms with Crippen molar-refractivity contribution in [3.63, 3.8) is 0 Å². The summed E-state index contributed by atoms with van der Waals surface area (Å²) in [5, 5.41) is 3.40. The molecule has 1 fully saturated rings. The molecule has 2 aliphatic rings. The molecule has 34 heavy (non-hydrogen) atoms. The van der Waals surface area contributed by atoms with Gasteiger partial charge in [0.1, 0.15) is 6.54 Å². The Morgan fingerprint density at radius 2 is 1.97 bits per heavy atom.